The molecule has 0 spiro atoms. The van der Waals surface area contributed by atoms with Crippen molar-refractivity contribution in [2.24, 2.45) is 0 Å². The second-order valence-corrected chi connectivity index (χ2v) is 8.42. The van der Waals surface area contributed by atoms with Gasteiger partial charge in [0.15, 0.2) is 4.96 Å². The summed E-state index contributed by atoms with van der Waals surface area (Å²) in [5, 5.41) is 7.38. The first-order valence-corrected chi connectivity index (χ1v) is 10.7. The molecule has 0 aliphatic heterocycles. The molecule has 0 N–H and O–H groups in total. The molecule has 5 rings (SSSR count). The predicted molar refractivity (Wildman–Crippen MR) is 107 cm³/mol. The highest BCUT2D eigenvalue weighted by molar-refractivity contribution is 7.98. The highest BCUT2D eigenvalue weighted by Gasteiger charge is 2.30. The van der Waals surface area contributed by atoms with E-state index in [4.69, 9.17) is 10.1 Å². The van der Waals surface area contributed by atoms with E-state index in [0.29, 0.717) is 11.7 Å². The average molecular weight is 396 g/mol. The number of thiazole rings is 1. The third-order valence-electron chi connectivity index (χ3n) is 4.53. The number of benzene rings is 1. The fraction of sp³-hybridized carbons (Fsp3) is 0.263. The predicted octanol–water partition coefficient (Wildman–Crippen LogP) is 3.81. The molecular weight excluding hydrogens is 378 g/mol. The molecule has 27 heavy (non-hydrogen) atoms. The molecule has 3 heterocycles. The van der Waals surface area contributed by atoms with Crippen molar-refractivity contribution in [2.45, 2.75) is 36.6 Å². The van der Waals surface area contributed by atoms with E-state index in [9.17, 15) is 4.79 Å². The molecule has 136 valence electrons. The van der Waals surface area contributed by atoms with Crippen LogP contribution in [0.5, 0.6) is 0 Å². The van der Waals surface area contributed by atoms with Crippen molar-refractivity contribution in [1.29, 1.82) is 0 Å². The average Bonchev–Trinajstić information content (AvgIpc) is 3.33. The number of thioether (sulfide) groups is 1. The summed E-state index contributed by atoms with van der Waals surface area (Å²) < 4.78 is 3.60. The Balaban J connectivity index is 1.42. The van der Waals surface area contributed by atoms with Crippen LogP contribution in [-0.4, -0.2) is 24.1 Å². The van der Waals surface area contributed by atoms with Crippen molar-refractivity contribution in [3.8, 4) is 5.69 Å². The number of fused-ring (bicyclic) bond motifs is 1. The lowest BCUT2D eigenvalue weighted by atomic mass is 10.3. The fourth-order valence-corrected chi connectivity index (χ4v) is 4.66. The Morgan fingerprint density at radius 1 is 1.22 bits per heavy atom. The fourth-order valence-electron chi connectivity index (χ4n) is 3.04. The van der Waals surface area contributed by atoms with Gasteiger partial charge in [-0.05, 0) is 31.9 Å². The van der Waals surface area contributed by atoms with Crippen LogP contribution in [0.2, 0.25) is 0 Å². The molecule has 1 aromatic carbocycles. The van der Waals surface area contributed by atoms with Gasteiger partial charge in [0.05, 0.1) is 11.4 Å². The van der Waals surface area contributed by atoms with Crippen LogP contribution < -0.4 is 5.56 Å². The lowest BCUT2D eigenvalue weighted by Crippen LogP contribution is -2.14. The molecule has 1 aliphatic rings. The molecule has 4 aromatic rings. The van der Waals surface area contributed by atoms with Gasteiger partial charge in [-0.2, -0.15) is 0 Å². The van der Waals surface area contributed by atoms with Gasteiger partial charge in [0.1, 0.15) is 5.82 Å². The Labute approximate surface area is 163 Å². The number of para-hydroxylation sites is 1. The van der Waals surface area contributed by atoms with E-state index in [2.05, 4.69) is 4.98 Å². The smallest absolute Gasteiger partial charge is 0.258 e. The number of hydrogen-bond donors (Lipinski definition) is 0. The molecule has 0 amide bonds. The number of aryl methyl sites for hydroxylation is 1. The van der Waals surface area contributed by atoms with Gasteiger partial charge in [0.25, 0.3) is 5.56 Å². The SMILES string of the molecule is Cc1csc2nc(CSc3nc(C4CC4)n(-c4ccccc4)n3)cc(=O)n12. The van der Waals surface area contributed by atoms with Crippen LogP contribution in [0.25, 0.3) is 10.6 Å². The Hall–Kier alpha value is -2.45. The number of hydrogen-bond acceptors (Lipinski definition) is 6. The third kappa shape index (κ3) is 3.19. The van der Waals surface area contributed by atoms with Crippen molar-refractivity contribution in [3.05, 3.63) is 69.3 Å². The molecule has 0 radical (unpaired) electrons. The van der Waals surface area contributed by atoms with Gasteiger partial charge >= 0.3 is 0 Å². The second kappa shape index (κ2) is 6.61. The highest BCUT2D eigenvalue weighted by atomic mass is 32.2. The van der Waals surface area contributed by atoms with Gasteiger partial charge in [0.2, 0.25) is 5.16 Å². The first-order valence-electron chi connectivity index (χ1n) is 8.81. The van der Waals surface area contributed by atoms with E-state index in [-0.39, 0.29) is 5.56 Å². The molecule has 0 saturated heterocycles. The zero-order valence-corrected chi connectivity index (χ0v) is 16.3. The standard InChI is InChI=1S/C19H17N5OS2/c1-12-10-27-19-20-14(9-16(25)23(12)19)11-26-18-21-17(13-7-8-13)24(22-18)15-5-3-2-4-6-15/h2-6,9-10,13H,7-8,11H2,1H3. The minimum atomic E-state index is -0.0317. The van der Waals surface area contributed by atoms with Gasteiger partial charge < -0.3 is 0 Å². The van der Waals surface area contributed by atoms with E-state index in [0.717, 1.165) is 33.0 Å². The van der Waals surface area contributed by atoms with Gasteiger partial charge in [0, 0.05) is 28.8 Å². The van der Waals surface area contributed by atoms with E-state index in [1.807, 2.05) is 47.3 Å². The summed E-state index contributed by atoms with van der Waals surface area (Å²) in [5.41, 5.74) is 2.68. The van der Waals surface area contributed by atoms with Crippen molar-refractivity contribution in [1.82, 2.24) is 24.1 Å². The van der Waals surface area contributed by atoms with Crippen LogP contribution in [0.4, 0.5) is 0 Å². The maximum atomic E-state index is 12.3. The Bertz CT molecular complexity index is 1170. The zero-order valence-electron chi connectivity index (χ0n) is 14.7. The second-order valence-electron chi connectivity index (χ2n) is 6.64. The van der Waals surface area contributed by atoms with Crippen LogP contribution in [0, 0.1) is 6.92 Å². The summed E-state index contributed by atoms with van der Waals surface area (Å²) >= 11 is 3.01. The zero-order chi connectivity index (χ0) is 18.4. The first kappa shape index (κ1) is 16.7. The molecule has 8 heteroatoms. The van der Waals surface area contributed by atoms with E-state index in [1.165, 1.54) is 35.9 Å². The molecular formula is C19H17N5OS2. The van der Waals surface area contributed by atoms with Crippen molar-refractivity contribution in [3.63, 3.8) is 0 Å². The normalized spacial score (nSPS) is 14.1. The lowest BCUT2D eigenvalue weighted by Gasteiger charge is -2.03. The first-order chi connectivity index (χ1) is 13.2. The highest BCUT2D eigenvalue weighted by Crippen LogP contribution is 2.40. The summed E-state index contributed by atoms with van der Waals surface area (Å²) in [6, 6.07) is 11.7. The van der Waals surface area contributed by atoms with Crippen LogP contribution in [0.15, 0.2) is 51.7 Å². The molecule has 1 fully saturated rings. The molecule has 6 nitrogen and oxygen atoms in total. The van der Waals surface area contributed by atoms with Gasteiger partial charge in [-0.3, -0.25) is 9.20 Å². The summed E-state index contributed by atoms with van der Waals surface area (Å²) in [6.45, 7) is 1.92. The number of aromatic nitrogens is 5. The van der Waals surface area contributed by atoms with Gasteiger partial charge in [-0.15, -0.1) is 16.4 Å². The van der Waals surface area contributed by atoms with Crippen molar-refractivity contribution < 1.29 is 0 Å². The Morgan fingerprint density at radius 2 is 2.04 bits per heavy atom. The molecule has 1 aliphatic carbocycles. The van der Waals surface area contributed by atoms with E-state index in [1.54, 1.807) is 10.5 Å². The van der Waals surface area contributed by atoms with E-state index < -0.39 is 0 Å². The van der Waals surface area contributed by atoms with Crippen LogP contribution in [-0.2, 0) is 5.75 Å². The van der Waals surface area contributed by atoms with Crippen LogP contribution in [0.3, 0.4) is 0 Å². The minimum Gasteiger partial charge on any atom is -0.269 e. The third-order valence-corrected chi connectivity index (χ3v) is 6.35. The van der Waals surface area contributed by atoms with Gasteiger partial charge in [-0.25, -0.2) is 14.6 Å². The summed E-state index contributed by atoms with van der Waals surface area (Å²) in [4.78, 5) is 22.4. The summed E-state index contributed by atoms with van der Waals surface area (Å²) in [6.07, 6.45) is 2.34. The summed E-state index contributed by atoms with van der Waals surface area (Å²) in [5.74, 6) is 2.10. The topological polar surface area (TPSA) is 65.1 Å². The lowest BCUT2D eigenvalue weighted by molar-refractivity contribution is 0.782. The molecule has 0 atom stereocenters. The molecule has 3 aromatic heterocycles. The van der Waals surface area contributed by atoms with Crippen molar-refractivity contribution >= 4 is 28.1 Å². The Morgan fingerprint density at radius 3 is 2.81 bits per heavy atom. The van der Waals surface area contributed by atoms with Crippen molar-refractivity contribution in [2.75, 3.05) is 0 Å². The molecule has 1 saturated carbocycles. The molecule has 0 unspecified atom stereocenters. The summed E-state index contributed by atoms with van der Waals surface area (Å²) in [7, 11) is 0. The maximum Gasteiger partial charge on any atom is 0.258 e. The van der Waals surface area contributed by atoms with Crippen LogP contribution in [0.1, 0.15) is 36.0 Å². The largest absolute Gasteiger partial charge is 0.269 e. The number of rotatable bonds is 5. The number of nitrogens with zero attached hydrogens (tertiary/aromatic N) is 5. The maximum absolute atomic E-state index is 12.3. The van der Waals surface area contributed by atoms with Gasteiger partial charge in [-0.1, -0.05) is 30.0 Å². The monoisotopic (exact) mass is 395 g/mol. The Kier molecular flexibility index (Phi) is 4.09. The minimum absolute atomic E-state index is 0.0317. The quantitative estimate of drug-likeness (QED) is 0.481. The van der Waals surface area contributed by atoms with E-state index >= 15 is 0 Å². The molecule has 0 bridgehead atoms. The van der Waals surface area contributed by atoms with Crippen LogP contribution >= 0.6 is 23.1 Å².